The van der Waals surface area contributed by atoms with Crippen molar-refractivity contribution < 1.29 is 0 Å². The topological polar surface area (TPSA) is 85.8 Å². The Morgan fingerprint density at radius 2 is 2.10 bits per heavy atom. The molecule has 2 aromatic heterocycles. The molecule has 0 aliphatic rings. The van der Waals surface area contributed by atoms with Crippen molar-refractivity contribution in [3.05, 3.63) is 29.7 Å². The number of rotatable bonds is 6. The van der Waals surface area contributed by atoms with E-state index in [1.165, 1.54) is 0 Å². The normalized spacial score (nSPS) is 11.1. The molecule has 0 aliphatic heterocycles. The number of aryl methyl sites for hydroxylation is 1. The molecule has 0 fully saturated rings. The highest BCUT2D eigenvalue weighted by atomic mass is 15.3. The van der Waals surface area contributed by atoms with Gasteiger partial charge in [0.25, 0.3) is 0 Å². The van der Waals surface area contributed by atoms with Gasteiger partial charge in [-0.15, -0.1) is 10.2 Å². The summed E-state index contributed by atoms with van der Waals surface area (Å²) in [5.74, 6) is 2.56. The van der Waals surface area contributed by atoms with Crippen LogP contribution in [-0.4, -0.2) is 38.3 Å². The van der Waals surface area contributed by atoms with E-state index >= 15 is 0 Å². The number of nitrogens with zero attached hydrogens (tertiary/aromatic N) is 6. The first-order chi connectivity index (χ1) is 10.0. The lowest BCUT2D eigenvalue weighted by Crippen LogP contribution is -2.22. The molecule has 0 bridgehead atoms. The Bertz CT molecular complexity index is 591. The molecule has 0 aliphatic carbocycles. The van der Waals surface area contributed by atoms with Crippen molar-refractivity contribution in [1.29, 1.82) is 0 Å². The summed E-state index contributed by atoms with van der Waals surface area (Å²) in [4.78, 5) is 10.9. The van der Waals surface area contributed by atoms with E-state index in [9.17, 15) is 0 Å². The molecule has 7 nitrogen and oxygen atoms in total. The first-order valence-corrected chi connectivity index (χ1v) is 7.15. The molecule has 2 N–H and O–H groups in total. The Morgan fingerprint density at radius 1 is 1.33 bits per heavy atom. The molecule has 0 atom stereocenters. The fourth-order valence-corrected chi connectivity index (χ4v) is 2.19. The number of aromatic nitrogens is 5. The maximum Gasteiger partial charge on any atom is 0.152 e. The van der Waals surface area contributed by atoms with Crippen LogP contribution in [0.5, 0.6) is 0 Å². The zero-order valence-corrected chi connectivity index (χ0v) is 13.1. The van der Waals surface area contributed by atoms with Crippen LogP contribution in [0.25, 0.3) is 0 Å². The van der Waals surface area contributed by atoms with Crippen LogP contribution in [0, 0.1) is 6.92 Å². The second-order valence-corrected chi connectivity index (χ2v) is 5.41. The molecule has 0 saturated carbocycles. The lowest BCUT2D eigenvalue weighted by molar-refractivity contribution is 0.564. The fraction of sp³-hybridized carbons (Fsp3) is 0.571. The van der Waals surface area contributed by atoms with Crippen molar-refractivity contribution in [3.8, 4) is 0 Å². The molecule has 0 aromatic carbocycles. The van der Waals surface area contributed by atoms with Gasteiger partial charge in [0.2, 0.25) is 0 Å². The van der Waals surface area contributed by atoms with Gasteiger partial charge in [0.05, 0.1) is 6.54 Å². The van der Waals surface area contributed by atoms with Crippen molar-refractivity contribution in [2.45, 2.75) is 39.8 Å². The molecule has 0 spiro atoms. The minimum Gasteiger partial charge on any atom is -0.352 e. The minimum atomic E-state index is 0.336. The predicted molar refractivity (Wildman–Crippen MR) is 82.0 cm³/mol. The van der Waals surface area contributed by atoms with Gasteiger partial charge in [-0.05, 0) is 27.3 Å². The molecule has 0 saturated heterocycles. The van der Waals surface area contributed by atoms with Gasteiger partial charge < -0.3 is 15.2 Å². The van der Waals surface area contributed by atoms with Crippen LogP contribution in [0.4, 0.5) is 5.82 Å². The lowest BCUT2D eigenvalue weighted by Gasteiger charge is -2.20. The Kier molecular flexibility index (Phi) is 4.85. The molecular formula is C14H23N7. The largest absolute Gasteiger partial charge is 0.352 e. The van der Waals surface area contributed by atoms with E-state index in [1.54, 1.807) is 6.33 Å². The third-order valence-corrected chi connectivity index (χ3v) is 3.25. The average molecular weight is 289 g/mol. The van der Waals surface area contributed by atoms with Crippen LogP contribution in [-0.2, 0) is 13.0 Å². The van der Waals surface area contributed by atoms with Gasteiger partial charge in [0, 0.05) is 31.3 Å². The second kappa shape index (κ2) is 6.62. The summed E-state index contributed by atoms with van der Waals surface area (Å²) in [5, 5.41) is 8.18. The second-order valence-electron chi connectivity index (χ2n) is 5.41. The Morgan fingerprint density at radius 3 is 2.76 bits per heavy atom. The van der Waals surface area contributed by atoms with Gasteiger partial charge in [-0.1, -0.05) is 0 Å². The number of hydrogen-bond donors (Lipinski definition) is 1. The Labute approximate surface area is 125 Å². The van der Waals surface area contributed by atoms with E-state index in [4.69, 9.17) is 5.73 Å². The first-order valence-electron chi connectivity index (χ1n) is 7.15. The fourth-order valence-electron chi connectivity index (χ4n) is 2.19. The van der Waals surface area contributed by atoms with Crippen molar-refractivity contribution >= 4 is 5.82 Å². The molecule has 2 heterocycles. The van der Waals surface area contributed by atoms with Crippen LogP contribution in [0.2, 0.25) is 0 Å². The molecule has 114 valence electrons. The molecule has 2 rings (SSSR count). The lowest BCUT2D eigenvalue weighted by atomic mass is 10.3. The standard InChI is InChI=1S/C14H23N7/c1-10(2)21-9-16-19-14(21)8-20(4)13-7-12(5-6-15)17-11(3)18-13/h7,9-10H,5-6,8,15H2,1-4H3. The average Bonchev–Trinajstić information content (AvgIpc) is 2.86. The predicted octanol–water partition coefficient (Wildman–Crippen LogP) is 1.10. The highest BCUT2D eigenvalue weighted by molar-refractivity contribution is 5.39. The van der Waals surface area contributed by atoms with Gasteiger partial charge in [-0.2, -0.15) is 0 Å². The quantitative estimate of drug-likeness (QED) is 0.857. The van der Waals surface area contributed by atoms with Gasteiger partial charge >= 0.3 is 0 Å². The van der Waals surface area contributed by atoms with E-state index in [1.807, 2.05) is 20.0 Å². The summed E-state index contributed by atoms with van der Waals surface area (Å²) in [6.45, 7) is 7.36. The minimum absolute atomic E-state index is 0.336. The summed E-state index contributed by atoms with van der Waals surface area (Å²) < 4.78 is 2.06. The van der Waals surface area contributed by atoms with E-state index < -0.39 is 0 Å². The maximum absolute atomic E-state index is 5.60. The van der Waals surface area contributed by atoms with E-state index in [0.717, 1.165) is 29.6 Å². The van der Waals surface area contributed by atoms with Gasteiger partial charge in [0.1, 0.15) is 18.0 Å². The highest BCUT2D eigenvalue weighted by Crippen LogP contribution is 2.15. The number of nitrogens with two attached hydrogens (primary N) is 1. The van der Waals surface area contributed by atoms with E-state index in [2.05, 4.69) is 43.5 Å². The van der Waals surface area contributed by atoms with Gasteiger partial charge in [0.15, 0.2) is 5.82 Å². The SMILES string of the molecule is Cc1nc(CCN)cc(N(C)Cc2nncn2C(C)C)n1. The summed E-state index contributed by atoms with van der Waals surface area (Å²) in [7, 11) is 1.99. The monoisotopic (exact) mass is 289 g/mol. The van der Waals surface area contributed by atoms with Gasteiger partial charge in [-0.3, -0.25) is 0 Å². The maximum atomic E-state index is 5.60. The van der Waals surface area contributed by atoms with Crippen molar-refractivity contribution in [2.24, 2.45) is 5.73 Å². The zero-order valence-electron chi connectivity index (χ0n) is 13.1. The Hall–Kier alpha value is -2.02. The van der Waals surface area contributed by atoms with Crippen LogP contribution in [0.15, 0.2) is 12.4 Å². The molecule has 2 aromatic rings. The van der Waals surface area contributed by atoms with Crippen molar-refractivity contribution in [3.63, 3.8) is 0 Å². The third-order valence-electron chi connectivity index (χ3n) is 3.25. The number of hydrogen-bond acceptors (Lipinski definition) is 6. The molecule has 0 amide bonds. The van der Waals surface area contributed by atoms with E-state index in [0.29, 0.717) is 19.1 Å². The third kappa shape index (κ3) is 3.75. The zero-order chi connectivity index (χ0) is 15.4. The summed E-state index contributed by atoms with van der Waals surface area (Å²) >= 11 is 0. The summed E-state index contributed by atoms with van der Waals surface area (Å²) in [6, 6.07) is 2.32. The highest BCUT2D eigenvalue weighted by Gasteiger charge is 2.12. The molecule has 0 radical (unpaired) electrons. The summed E-state index contributed by atoms with van der Waals surface area (Å²) in [5.41, 5.74) is 6.57. The van der Waals surface area contributed by atoms with Gasteiger partial charge in [-0.25, -0.2) is 9.97 Å². The van der Waals surface area contributed by atoms with Crippen LogP contribution in [0.1, 0.15) is 37.2 Å². The molecule has 0 unspecified atom stereocenters. The van der Waals surface area contributed by atoms with Crippen LogP contribution in [0.3, 0.4) is 0 Å². The number of anilines is 1. The molecular weight excluding hydrogens is 266 g/mol. The van der Waals surface area contributed by atoms with E-state index in [-0.39, 0.29) is 0 Å². The summed E-state index contributed by atoms with van der Waals surface area (Å²) in [6.07, 6.45) is 2.52. The smallest absolute Gasteiger partial charge is 0.152 e. The van der Waals surface area contributed by atoms with Crippen molar-refractivity contribution in [1.82, 2.24) is 24.7 Å². The first kappa shape index (κ1) is 15.4. The van der Waals surface area contributed by atoms with Crippen LogP contribution < -0.4 is 10.6 Å². The van der Waals surface area contributed by atoms with Crippen molar-refractivity contribution in [2.75, 3.05) is 18.5 Å². The van der Waals surface area contributed by atoms with Crippen LogP contribution >= 0.6 is 0 Å². The molecule has 7 heteroatoms. The molecule has 21 heavy (non-hydrogen) atoms. The Balaban J connectivity index is 2.19.